The normalized spacial score (nSPS) is 12.4. The fourth-order valence-electron chi connectivity index (χ4n) is 2.83. The molecule has 0 unspecified atom stereocenters. The molecule has 3 heterocycles. The molecule has 1 aliphatic rings. The number of ether oxygens (including phenoxy) is 2. The molecule has 1 amide bonds. The lowest BCUT2D eigenvalue weighted by atomic mass is 10.1. The zero-order valence-corrected chi connectivity index (χ0v) is 17.8. The molecule has 0 aliphatic carbocycles. The Kier molecular flexibility index (Phi) is 5.47. The predicted molar refractivity (Wildman–Crippen MR) is 110 cm³/mol. The Labute approximate surface area is 173 Å². The number of aromatic nitrogens is 1. The van der Waals surface area contributed by atoms with Gasteiger partial charge in [-0.1, -0.05) is 6.07 Å². The van der Waals surface area contributed by atoms with Crippen LogP contribution in [0.15, 0.2) is 39.5 Å². The Balaban J connectivity index is 1.42. The molecule has 0 saturated heterocycles. The molecule has 0 N–H and O–H groups in total. The number of hydrogen-bond donors (Lipinski definition) is 0. The number of thiazole rings is 1. The van der Waals surface area contributed by atoms with E-state index in [2.05, 4.69) is 20.9 Å². The van der Waals surface area contributed by atoms with Gasteiger partial charge in [0.15, 0.2) is 11.5 Å². The molecule has 0 spiro atoms. The number of nitrogens with zero attached hydrogens (tertiary/aromatic N) is 2. The zero-order chi connectivity index (χ0) is 18.8. The van der Waals surface area contributed by atoms with Crippen molar-refractivity contribution in [3.05, 3.63) is 50.8 Å². The van der Waals surface area contributed by atoms with Crippen molar-refractivity contribution in [2.45, 2.75) is 19.9 Å². The van der Waals surface area contributed by atoms with Crippen LogP contribution in [0.25, 0.3) is 9.88 Å². The third-order valence-corrected chi connectivity index (χ3v) is 6.96. The third-order valence-electron chi connectivity index (χ3n) is 4.21. The number of likely N-dealkylation sites (N-methyl/N-ethyl adjacent to an activating group) is 1. The van der Waals surface area contributed by atoms with Crippen LogP contribution < -0.4 is 9.47 Å². The Hall–Kier alpha value is -1.90. The highest BCUT2D eigenvalue weighted by atomic mass is 79.9. The van der Waals surface area contributed by atoms with Crippen molar-refractivity contribution in [1.29, 1.82) is 0 Å². The monoisotopic (exact) mass is 464 g/mol. The maximum absolute atomic E-state index is 12.8. The van der Waals surface area contributed by atoms with Gasteiger partial charge in [-0.3, -0.25) is 4.79 Å². The molecule has 0 radical (unpaired) electrons. The van der Waals surface area contributed by atoms with E-state index in [4.69, 9.17) is 9.47 Å². The summed E-state index contributed by atoms with van der Waals surface area (Å²) < 4.78 is 11.8. The van der Waals surface area contributed by atoms with Crippen LogP contribution in [0.3, 0.4) is 0 Å². The smallest absolute Gasteiger partial charge is 0.231 e. The molecule has 0 fully saturated rings. The average molecular weight is 465 g/mol. The first kappa shape index (κ1) is 18.5. The molecule has 1 aromatic carbocycles. The van der Waals surface area contributed by atoms with Crippen LogP contribution in [0.2, 0.25) is 0 Å². The molecule has 3 aromatic rings. The van der Waals surface area contributed by atoms with Crippen molar-refractivity contribution in [2.24, 2.45) is 0 Å². The number of fused-ring (bicyclic) bond motifs is 1. The van der Waals surface area contributed by atoms with E-state index in [1.807, 2.05) is 46.8 Å². The molecule has 0 bridgehead atoms. The third kappa shape index (κ3) is 4.17. The zero-order valence-electron chi connectivity index (χ0n) is 14.6. The van der Waals surface area contributed by atoms with Crippen molar-refractivity contribution in [3.8, 4) is 21.4 Å². The number of benzene rings is 1. The first-order valence-electron chi connectivity index (χ1n) is 8.47. The number of rotatable bonds is 6. The summed E-state index contributed by atoms with van der Waals surface area (Å²) in [4.78, 5) is 20.3. The fraction of sp³-hybridized carbons (Fsp3) is 0.263. The van der Waals surface area contributed by atoms with Gasteiger partial charge in [-0.2, -0.15) is 0 Å². The molecule has 8 heteroatoms. The van der Waals surface area contributed by atoms with Crippen LogP contribution in [-0.4, -0.2) is 29.1 Å². The van der Waals surface area contributed by atoms with E-state index in [0.717, 1.165) is 37.1 Å². The summed E-state index contributed by atoms with van der Waals surface area (Å²) in [6, 6.07) is 7.85. The quantitative estimate of drug-likeness (QED) is 0.517. The Bertz CT molecular complexity index is 970. The molecule has 4 rings (SSSR count). The van der Waals surface area contributed by atoms with E-state index in [9.17, 15) is 4.79 Å². The molecule has 0 atom stereocenters. The first-order valence-corrected chi connectivity index (χ1v) is 11.0. The van der Waals surface area contributed by atoms with Crippen LogP contribution in [-0.2, 0) is 17.8 Å². The fourth-order valence-corrected chi connectivity index (χ4v) is 5.16. The van der Waals surface area contributed by atoms with E-state index < -0.39 is 0 Å². The first-order chi connectivity index (χ1) is 13.1. The van der Waals surface area contributed by atoms with E-state index in [-0.39, 0.29) is 12.7 Å². The Morgan fingerprint density at radius 3 is 2.85 bits per heavy atom. The highest BCUT2D eigenvalue weighted by molar-refractivity contribution is 9.10. The molecule has 0 saturated carbocycles. The summed E-state index contributed by atoms with van der Waals surface area (Å²) in [6.07, 6.45) is 0.307. The van der Waals surface area contributed by atoms with Gasteiger partial charge in [-0.05, 0) is 46.6 Å². The number of halogens is 1. The minimum atomic E-state index is 0.0689. The summed E-state index contributed by atoms with van der Waals surface area (Å²) in [5.41, 5.74) is 1.84. The molecule has 140 valence electrons. The topological polar surface area (TPSA) is 51.7 Å². The standard InChI is InChI=1S/C19H17BrN2O3S2/c1-2-22(8-12-3-4-15-16(5-12)25-11-24-15)18(23)7-14-10-27-19(21-14)17-6-13(20)9-26-17/h3-6,9-10H,2,7-8,11H2,1H3. The lowest BCUT2D eigenvalue weighted by Crippen LogP contribution is -2.31. The van der Waals surface area contributed by atoms with E-state index in [1.165, 1.54) is 0 Å². The lowest BCUT2D eigenvalue weighted by molar-refractivity contribution is -0.130. The summed E-state index contributed by atoms with van der Waals surface area (Å²) in [5.74, 6) is 1.56. The van der Waals surface area contributed by atoms with Gasteiger partial charge in [-0.25, -0.2) is 4.98 Å². The summed E-state index contributed by atoms with van der Waals surface area (Å²) >= 11 is 6.68. The number of thiophene rings is 1. The van der Waals surface area contributed by atoms with Gasteiger partial charge in [-0.15, -0.1) is 22.7 Å². The average Bonchev–Trinajstić information content (AvgIpc) is 3.39. The van der Waals surface area contributed by atoms with Crippen LogP contribution in [0.4, 0.5) is 0 Å². The SMILES string of the molecule is CCN(Cc1ccc2c(c1)OCO2)C(=O)Cc1csc(-c2cc(Br)cs2)n1. The van der Waals surface area contributed by atoms with Gasteiger partial charge < -0.3 is 14.4 Å². The van der Waals surface area contributed by atoms with Gasteiger partial charge in [0.1, 0.15) is 5.01 Å². The molecular formula is C19H17BrN2O3S2. The van der Waals surface area contributed by atoms with Gasteiger partial charge in [0.05, 0.1) is 17.0 Å². The second-order valence-corrected chi connectivity index (χ2v) is 8.73. The van der Waals surface area contributed by atoms with Crippen molar-refractivity contribution in [2.75, 3.05) is 13.3 Å². The second kappa shape index (κ2) is 8.00. The van der Waals surface area contributed by atoms with Gasteiger partial charge in [0, 0.05) is 28.3 Å². The number of hydrogen-bond acceptors (Lipinski definition) is 6. The minimum Gasteiger partial charge on any atom is -0.454 e. The molecule has 5 nitrogen and oxygen atoms in total. The maximum Gasteiger partial charge on any atom is 0.231 e. The highest BCUT2D eigenvalue weighted by Gasteiger charge is 2.18. The minimum absolute atomic E-state index is 0.0689. The van der Waals surface area contributed by atoms with Crippen molar-refractivity contribution in [1.82, 2.24) is 9.88 Å². The van der Waals surface area contributed by atoms with Crippen LogP contribution in [0, 0.1) is 0 Å². The molecule has 2 aromatic heterocycles. The summed E-state index contributed by atoms with van der Waals surface area (Å²) in [6.45, 7) is 3.42. The van der Waals surface area contributed by atoms with Crippen molar-refractivity contribution < 1.29 is 14.3 Å². The number of carbonyl (C=O) groups excluding carboxylic acids is 1. The predicted octanol–water partition coefficient (Wildman–Crippen LogP) is 4.95. The van der Waals surface area contributed by atoms with Gasteiger partial charge in [0.2, 0.25) is 12.7 Å². The van der Waals surface area contributed by atoms with Crippen molar-refractivity contribution >= 4 is 44.5 Å². The van der Waals surface area contributed by atoms with Crippen LogP contribution in [0.5, 0.6) is 11.5 Å². The molecule has 1 aliphatic heterocycles. The number of amides is 1. The Morgan fingerprint density at radius 2 is 2.07 bits per heavy atom. The molecule has 27 heavy (non-hydrogen) atoms. The van der Waals surface area contributed by atoms with Gasteiger partial charge >= 0.3 is 0 Å². The Morgan fingerprint density at radius 1 is 1.22 bits per heavy atom. The maximum atomic E-state index is 12.8. The van der Waals surface area contributed by atoms with E-state index in [1.54, 1.807) is 22.7 Å². The van der Waals surface area contributed by atoms with Crippen molar-refractivity contribution in [3.63, 3.8) is 0 Å². The highest BCUT2D eigenvalue weighted by Crippen LogP contribution is 2.33. The number of carbonyl (C=O) groups is 1. The largest absolute Gasteiger partial charge is 0.454 e. The van der Waals surface area contributed by atoms with Gasteiger partial charge in [0.25, 0.3) is 0 Å². The summed E-state index contributed by atoms with van der Waals surface area (Å²) in [7, 11) is 0. The molecular weight excluding hydrogens is 448 g/mol. The van der Waals surface area contributed by atoms with E-state index in [0.29, 0.717) is 19.5 Å². The second-order valence-electron chi connectivity index (χ2n) is 6.05. The summed E-state index contributed by atoms with van der Waals surface area (Å²) in [5, 5.41) is 4.95. The van der Waals surface area contributed by atoms with Crippen LogP contribution in [0.1, 0.15) is 18.2 Å². The van der Waals surface area contributed by atoms with Crippen LogP contribution >= 0.6 is 38.6 Å². The lowest BCUT2D eigenvalue weighted by Gasteiger charge is -2.20. The van der Waals surface area contributed by atoms with E-state index >= 15 is 0 Å².